The summed E-state index contributed by atoms with van der Waals surface area (Å²) in [5.41, 5.74) is 0.614. The number of hydrogen-bond donors (Lipinski definition) is 2. The number of fused-ring (bicyclic) bond motifs is 1. The van der Waals surface area contributed by atoms with Crippen LogP contribution in [0.5, 0.6) is 0 Å². The van der Waals surface area contributed by atoms with E-state index < -0.39 is 21.4 Å². The zero-order chi connectivity index (χ0) is 27.3. The van der Waals surface area contributed by atoms with Crippen LogP contribution in [0, 0.1) is 11.8 Å². The number of amides is 1. The molecular formula is C27H26N6O4S. The van der Waals surface area contributed by atoms with Gasteiger partial charge in [-0.15, -0.1) is 4.36 Å². The van der Waals surface area contributed by atoms with E-state index in [9.17, 15) is 13.8 Å². The Morgan fingerprint density at radius 2 is 1.87 bits per heavy atom. The van der Waals surface area contributed by atoms with Gasteiger partial charge in [-0.25, -0.2) is 24.1 Å². The van der Waals surface area contributed by atoms with E-state index >= 15 is 0 Å². The quantitative estimate of drug-likeness (QED) is 0.364. The van der Waals surface area contributed by atoms with Crippen molar-refractivity contribution < 1.29 is 13.7 Å². The molecule has 3 aromatic heterocycles. The van der Waals surface area contributed by atoms with Gasteiger partial charge >= 0.3 is 6.09 Å². The van der Waals surface area contributed by atoms with Crippen LogP contribution in [0.4, 0.5) is 16.3 Å². The molecule has 1 aromatic carbocycles. The summed E-state index contributed by atoms with van der Waals surface area (Å²) in [7, 11) is -2.97. The summed E-state index contributed by atoms with van der Waals surface area (Å²) in [5, 5.41) is 11.1. The highest BCUT2D eigenvalue weighted by molar-refractivity contribution is 7.93. The van der Waals surface area contributed by atoms with Crippen molar-refractivity contribution in [3.05, 3.63) is 82.7 Å². The number of carbonyl (C=O) groups excluding carboxylic acids is 1. The molecule has 0 fully saturated rings. The third-order valence-corrected chi connectivity index (χ3v) is 7.37. The highest BCUT2D eigenvalue weighted by Gasteiger charge is 2.19. The van der Waals surface area contributed by atoms with Crippen LogP contribution in [0.3, 0.4) is 0 Å². The van der Waals surface area contributed by atoms with E-state index in [2.05, 4.69) is 41.7 Å². The van der Waals surface area contributed by atoms with Gasteiger partial charge in [0, 0.05) is 45.6 Å². The molecule has 0 saturated heterocycles. The summed E-state index contributed by atoms with van der Waals surface area (Å²) in [6.07, 6.45) is 2.50. The van der Waals surface area contributed by atoms with Crippen molar-refractivity contribution in [1.29, 1.82) is 0 Å². The molecule has 1 amide bonds. The Kier molecular flexibility index (Phi) is 7.55. The Bertz CT molecular complexity index is 1720. The highest BCUT2D eigenvalue weighted by Crippen LogP contribution is 2.24. The van der Waals surface area contributed by atoms with Gasteiger partial charge in [0.15, 0.2) is 0 Å². The molecule has 10 nitrogen and oxygen atoms in total. The minimum Gasteiger partial charge on any atom is -0.442 e. The Balaban J connectivity index is 1.58. The summed E-state index contributed by atoms with van der Waals surface area (Å²) in [5.74, 6) is 6.61. The fourth-order valence-corrected chi connectivity index (χ4v) is 4.76. The number of carbonyl (C=O) groups is 1. The molecule has 0 aliphatic heterocycles. The van der Waals surface area contributed by atoms with Gasteiger partial charge in [-0.05, 0) is 75.1 Å². The van der Waals surface area contributed by atoms with Crippen molar-refractivity contribution in [3.63, 3.8) is 0 Å². The average Bonchev–Trinajstić information content (AvgIpc) is 2.87. The van der Waals surface area contributed by atoms with Crippen molar-refractivity contribution in [1.82, 2.24) is 20.2 Å². The van der Waals surface area contributed by atoms with Crippen molar-refractivity contribution in [2.45, 2.75) is 38.2 Å². The SMILES string of the molecule is CCS(=O)(=NC(=O)OC(C)(C)C)c1ccc(Nc2cc3c(C#Cc4ccc(=O)[nH]n4)nccc3cn2)cc1. The fourth-order valence-electron chi connectivity index (χ4n) is 3.35. The van der Waals surface area contributed by atoms with E-state index in [1.165, 1.54) is 12.1 Å². The minimum absolute atomic E-state index is 0.163. The smallest absolute Gasteiger partial charge is 0.442 e. The first kappa shape index (κ1) is 26.5. The summed E-state index contributed by atoms with van der Waals surface area (Å²) >= 11 is 0. The summed E-state index contributed by atoms with van der Waals surface area (Å²) < 4.78 is 22.4. The third-order valence-electron chi connectivity index (χ3n) is 5.14. The Hall–Kier alpha value is -4.56. The second kappa shape index (κ2) is 10.8. The molecule has 11 heteroatoms. The standard InChI is InChI=1S/C27H26N6O4S/c1-5-38(36,33-26(35)37-27(2,3)4)21-10-6-19(7-11-21)30-24-16-22-18(17-29-24)14-15-28-23(22)12-8-20-9-13-25(34)32-31-20/h6-7,9-11,13-17H,5H2,1-4H3,(H,29,30)(H,32,34). The lowest BCUT2D eigenvalue weighted by molar-refractivity contribution is 0.0607. The van der Waals surface area contributed by atoms with E-state index in [0.717, 1.165) is 10.8 Å². The number of H-pyrrole nitrogens is 1. The molecule has 3 heterocycles. The first-order valence-corrected chi connectivity index (χ1v) is 13.4. The molecule has 0 saturated carbocycles. The topological polar surface area (TPSA) is 139 Å². The number of aromatic amines is 1. The molecule has 1 unspecified atom stereocenters. The van der Waals surface area contributed by atoms with E-state index in [4.69, 9.17) is 4.74 Å². The van der Waals surface area contributed by atoms with E-state index in [1.54, 1.807) is 64.4 Å². The van der Waals surface area contributed by atoms with Crippen molar-refractivity contribution in [3.8, 4) is 11.8 Å². The van der Waals surface area contributed by atoms with Gasteiger partial charge in [-0.3, -0.25) is 4.79 Å². The molecule has 2 N–H and O–H groups in total. The predicted molar refractivity (Wildman–Crippen MR) is 146 cm³/mol. The van der Waals surface area contributed by atoms with Crippen LogP contribution in [0.15, 0.2) is 75.0 Å². The molecule has 4 aromatic rings. The Morgan fingerprint density at radius 3 is 2.53 bits per heavy atom. The molecule has 0 radical (unpaired) electrons. The van der Waals surface area contributed by atoms with Gasteiger partial charge in [-0.1, -0.05) is 6.92 Å². The van der Waals surface area contributed by atoms with Crippen LogP contribution in [0.1, 0.15) is 39.1 Å². The number of hydrogen-bond acceptors (Lipinski definition) is 8. The molecule has 0 bridgehead atoms. The lowest BCUT2D eigenvalue weighted by Gasteiger charge is -2.18. The zero-order valence-corrected chi connectivity index (χ0v) is 22.1. The maximum absolute atomic E-state index is 13.3. The lowest BCUT2D eigenvalue weighted by Crippen LogP contribution is -2.23. The molecular weight excluding hydrogens is 504 g/mol. The maximum atomic E-state index is 13.3. The number of nitrogens with one attached hydrogen (secondary N) is 2. The highest BCUT2D eigenvalue weighted by atomic mass is 32.2. The van der Waals surface area contributed by atoms with Gasteiger partial charge in [0.1, 0.15) is 22.8 Å². The van der Waals surface area contributed by atoms with Gasteiger partial charge < -0.3 is 10.1 Å². The first-order chi connectivity index (χ1) is 18.0. The van der Waals surface area contributed by atoms with Gasteiger partial charge in [-0.2, -0.15) is 5.10 Å². The van der Waals surface area contributed by atoms with E-state index in [0.29, 0.717) is 27.8 Å². The monoisotopic (exact) mass is 530 g/mol. The molecule has 0 aliphatic rings. The van der Waals surface area contributed by atoms with Crippen LogP contribution in [0.25, 0.3) is 10.8 Å². The van der Waals surface area contributed by atoms with Gasteiger partial charge in [0.25, 0.3) is 5.56 Å². The van der Waals surface area contributed by atoms with Crippen molar-refractivity contribution >= 4 is 38.1 Å². The molecule has 1 atom stereocenters. The minimum atomic E-state index is -2.97. The number of benzene rings is 1. The second-order valence-corrected chi connectivity index (χ2v) is 11.7. The largest absolute Gasteiger partial charge is 0.442 e. The van der Waals surface area contributed by atoms with Crippen molar-refractivity contribution in [2.75, 3.05) is 11.1 Å². The zero-order valence-electron chi connectivity index (χ0n) is 21.3. The van der Waals surface area contributed by atoms with E-state index in [-0.39, 0.29) is 11.3 Å². The van der Waals surface area contributed by atoms with E-state index in [1.807, 2.05) is 12.1 Å². The number of ether oxygens (including phenoxy) is 1. The summed E-state index contributed by atoms with van der Waals surface area (Å²) in [4.78, 5) is 32.6. The normalized spacial score (nSPS) is 12.6. The first-order valence-electron chi connectivity index (χ1n) is 11.7. The molecule has 0 aliphatic carbocycles. The second-order valence-electron chi connectivity index (χ2n) is 9.16. The number of nitrogens with zero attached hydrogens (tertiary/aromatic N) is 4. The Labute approximate surface area is 220 Å². The summed E-state index contributed by atoms with van der Waals surface area (Å²) in [6, 6.07) is 13.4. The molecule has 194 valence electrons. The lowest BCUT2D eigenvalue weighted by atomic mass is 10.1. The predicted octanol–water partition coefficient (Wildman–Crippen LogP) is 4.64. The Morgan fingerprint density at radius 1 is 1.11 bits per heavy atom. The molecule has 4 rings (SSSR count). The number of anilines is 2. The number of rotatable bonds is 4. The van der Waals surface area contributed by atoms with Crippen molar-refractivity contribution in [2.24, 2.45) is 4.36 Å². The van der Waals surface area contributed by atoms with Crippen LogP contribution in [-0.4, -0.2) is 41.8 Å². The van der Waals surface area contributed by atoms with Gasteiger partial charge in [0.05, 0.1) is 9.73 Å². The van der Waals surface area contributed by atoms with Gasteiger partial charge in [0.2, 0.25) is 0 Å². The number of aromatic nitrogens is 4. The summed E-state index contributed by atoms with van der Waals surface area (Å²) in [6.45, 7) is 6.89. The fraction of sp³-hybridized carbons (Fsp3) is 0.222. The molecule has 38 heavy (non-hydrogen) atoms. The van der Waals surface area contributed by atoms with Crippen LogP contribution in [-0.2, 0) is 14.5 Å². The molecule has 0 spiro atoms. The number of pyridine rings is 2. The maximum Gasteiger partial charge on any atom is 0.442 e. The average molecular weight is 531 g/mol. The van der Waals surface area contributed by atoms with Crippen LogP contribution < -0.4 is 10.9 Å². The van der Waals surface area contributed by atoms with Crippen LogP contribution >= 0.6 is 0 Å². The van der Waals surface area contributed by atoms with Crippen LogP contribution in [0.2, 0.25) is 0 Å². The third kappa shape index (κ3) is 6.60.